The zero-order valence-corrected chi connectivity index (χ0v) is 15.2. The number of sulfonamides is 1. The molecule has 2 aromatic rings. The number of hydrogen-bond donors (Lipinski definition) is 1. The Morgan fingerprint density at radius 2 is 1.64 bits per heavy atom. The molecule has 0 unspecified atom stereocenters. The number of nitrogens with one attached hydrogen (secondary N) is 1. The Bertz CT molecular complexity index is 1110. The average molecular weight is 410 g/mol. The molecule has 1 heterocycles. The van der Waals surface area contributed by atoms with Gasteiger partial charge in [-0.05, 0) is 36.8 Å². The molecule has 1 aliphatic rings. The van der Waals surface area contributed by atoms with Gasteiger partial charge >= 0.3 is 0 Å². The van der Waals surface area contributed by atoms with E-state index >= 15 is 0 Å². The minimum absolute atomic E-state index is 0.0892. The first-order valence-corrected chi connectivity index (χ1v) is 9.34. The van der Waals surface area contributed by atoms with Crippen molar-refractivity contribution in [2.75, 3.05) is 11.9 Å². The van der Waals surface area contributed by atoms with Crippen LogP contribution in [0.15, 0.2) is 48.0 Å². The van der Waals surface area contributed by atoms with E-state index < -0.39 is 51.5 Å². The third-order valence-electron chi connectivity index (χ3n) is 4.03. The lowest BCUT2D eigenvalue weighted by Gasteiger charge is -2.16. The van der Waals surface area contributed by atoms with E-state index in [0.29, 0.717) is 4.31 Å². The van der Waals surface area contributed by atoms with Gasteiger partial charge in [0.15, 0.2) is 0 Å². The lowest BCUT2D eigenvalue weighted by Crippen LogP contribution is -2.38. The van der Waals surface area contributed by atoms with E-state index in [2.05, 4.69) is 0 Å². The van der Waals surface area contributed by atoms with Crippen molar-refractivity contribution < 1.29 is 31.2 Å². The van der Waals surface area contributed by atoms with Crippen LogP contribution in [0.4, 0.5) is 18.9 Å². The molecule has 0 fully saturated rings. The number of carbonyl (C=O) groups excluding carboxylic acids is 2. The highest BCUT2D eigenvalue weighted by atomic mass is 32.2. The number of benzene rings is 2. The molecule has 10 heteroatoms. The molecule has 1 aliphatic heterocycles. The van der Waals surface area contributed by atoms with E-state index in [9.17, 15) is 31.2 Å². The van der Waals surface area contributed by atoms with Crippen molar-refractivity contribution in [3.63, 3.8) is 0 Å². The van der Waals surface area contributed by atoms with Crippen LogP contribution >= 0.6 is 0 Å². The lowest BCUT2D eigenvalue weighted by molar-refractivity contribution is -0.126. The number of hydrogen-bond acceptors (Lipinski definition) is 4. The second kappa shape index (κ2) is 7.12. The van der Waals surface area contributed by atoms with Gasteiger partial charge in [0, 0.05) is 11.6 Å². The van der Waals surface area contributed by atoms with Crippen LogP contribution in [0.2, 0.25) is 0 Å². The summed E-state index contributed by atoms with van der Waals surface area (Å²) in [6.45, 7) is 0.335. The minimum atomic E-state index is -4.39. The first-order valence-electron chi connectivity index (χ1n) is 7.90. The number of carbonyl (C=O) groups is 2. The number of rotatable bonds is 4. The third-order valence-corrected chi connectivity index (χ3v) is 5.97. The Kier molecular flexibility index (Phi) is 4.99. The van der Waals surface area contributed by atoms with Gasteiger partial charge in [-0.25, -0.2) is 25.9 Å². The summed E-state index contributed by atoms with van der Waals surface area (Å²) in [4.78, 5) is 24.2. The van der Waals surface area contributed by atoms with Crippen LogP contribution in [0.25, 0.3) is 4.91 Å². The molecule has 6 nitrogen and oxygen atoms in total. The maximum Gasteiger partial charge on any atom is 0.268 e. The molecule has 0 aliphatic carbocycles. The summed E-state index contributed by atoms with van der Waals surface area (Å²) >= 11 is 0. The molecule has 0 bridgehead atoms. The van der Waals surface area contributed by atoms with E-state index in [1.54, 1.807) is 0 Å². The van der Waals surface area contributed by atoms with Crippen molar-refractivity contribution in [3.05, 3.63) is 71.1 Å². The fraction of sp³-hybridized carbons (Fsp3) is 0.111. The molecular formula is C18H13F3N2O4S. The highest BCUT2D eigenvalue weighted by Gasteiger charge is 2.43. The normalized spacial score (nSPS) is 15.9. The zero-order chi connectivity index (χ0) is 20.6. The van der Waals surface area contributed by atoms with Gasteiger partial charge in [-0.15, -0.1) is 0 Å². The summed E-state index contributed by atoms with van der Waals surface area (Å²) in [5, 5.41) is 2.03. The maximum absolute atomic E-state index is 13.6. The molecule has 0 radical (unpaired) electrons. The molecule has 2 aromatic carbocycles. The van der Waals surface area contributed by atoms with Crippen molar-refractivity contribution in [1.29, 1.82) is 0 Å². The van der Waals surface area contributed by atoms with Gasteiger partial charge in [0.25, 0.3) is 15.9 Å². The summed E-state index contributed by atoms with van der Waals surface area (Å²) < 4.78 is 65.8. The van der Waals surface area contributed by atoms with Crippen LogP contribution in [0.5, 0.6) is 0 Å². The number of anilines is 1. The van der Waals surface area contributed by atoms with Crippen molar-refractivity contribution in [2.24, 2.45) is 0 Å². The highest BCUT2D eigenvalue weighted by Crippen LogP contribution is 2.35. The van der Waals surface area contributed by atoms with Crippen molar-refractivity contribution in [1.82, 2.24) is 4.31 Å². The van der Waals surface area contributed by atoms with Crippen LogP contribution in [0, 0.1) is 17.5 Å². The molecule has 146 valence electrons. The molecule has 0 saturated heterocycles. The van der Waals surface area contributed by atoms with E-state index in [0.717, 1.165) is 30.3 Å². The third kappa shape index (κ3) is 3.50. The van der Waals surface area contributed by atoms with Crippen LogP contribution in [0.1, 0.15) is 12.5 Å². The SMILES string of the molecule is CC1=C(c2ccc(F)cc2)S(=O)(=O)N(CC(=O)Nc2cc(F)ccc2F)C1=O. The topological polar surface area (TPSA) is 83.6 Å². The largest absolute Gasteiger partial charge is 0.322 e. The second-order valence-electron chi connectivity index (χ2n) is 5.95. The van der Waals surface area contributed by atoms with Crippen molar-refractivity contribution in [3.8, 4) is 0 Å². The first-order chi connectivity index (χ1) is 13.1. The summed E-state index contributed by atoms with van der Waals surface area (Å²) in [6, 6.07) is 6.84. The molecule has 1 N–H and O–H groups in total. The Hall–Kier alpha value is -3.14. The smallest absolute Gasteiger partial charge is 0.268 e. The molecule has 2 amide bonds. The van der Waals surface area contributed by atoms with Gasteiger partial charge in [-0.1, -0.05) is 12.1 Å². The quantitative estimate of drug-likeness (QED) is 0.840. The number of halogens is 3. The summed E-state index contributed by atoms with van der Waals surface area (Å²) in [6.07, 6.45) is 0. The van der Waals surface area contributed by atoms with E-state index in [1.807, 2.05) is 5.32 Å². The number of amides is 2. The van der Waals surface area contributed by atoms with E-state index in [1.165, 1.54) is 19.1 Å². The molecule has 3 rings (SSSR count). The molecule has 28 heavy (non-hydrogen) atoms. The Morgan fingerprint density at radius 3 is 2.29 bits per heavy atom. The predicted molar refractivity (Wildman–Crippen MR) is 94.6 cm³/mol. The molecule has 0 saturated carbocycles. The molecule has 0 aromatic heterocycles. The Balaban J connectivity index is 1.86. The van der Waals surface area contributed by atoms with Gasteiger partial charge in [-0.3, -0.25) is 9.59 Å². The molecule has 0 spiro atoms. The van der Waals surface area contributed by atoms with Crippen molar-refractivity contribution in [2.45, 2.75) is 6.92 Å². The van der Waals surface area contributed by atoms with Gasteiger partial charge in [0.1, 0.15) is 28.9 Å². The fourth-order valence-corrected chi connectivity index (χ4v) is 4.50. The minimum Gasteiger partial charge on any atom is -0.322 e. The monoisotopic (exact) mass is 410 g/mol. The standard InChI is InChI=1S/C18H13F3N2O4S/c1-10-17(11-2-4-12(19)5-3-11)28(26,27)23(18(10)25)9-16(24)22-15-8-13(20)6-7-14(15)21/h2-8H,9H2,1H3,(H,22,24). The first kappa shape index (κ1) is 19.6. The van der Waals surface area contributed by atoms with Gasteiger partial charge < -0.3 is 5.32 Å². The predicted octanol–water partition coefficient (Wildman–Crippen LogP) is 2.65. The fourth-order valence-electron chi connectivity index (χ4n) is 2.73. The van der Waals surface area contributed by atoms with Gasteiger partial charge in [0.05, 0.1) is 5.69 Å². The van der Waals surface area contributed by atoms with Crippen LogP contribution in [0.3, 0.4) is 0 Å². The Morgan fingerprint density at radius 1 is 1.04 bits per heavy atom. The van der Waals surface area contributed by atoms with Crippen LogP contribution in [-0.2, 0) is 19.6 Å². The number of nitrogens with zero attached hydrogens (tertiary/aromatic N) is 1. The average Bonchev–Trinajstić information content (AvgIpc) is 2.79. The van der Waals surface area contributed by atoms with E-state index in [-0.39, 0.29) is 16.0 Å². The summed E-state index contributed by atoms with van der Waals surface area (Å²) in [5.41, 5.74) is -0.542. The molecular weight excluding hydrogens is 397 g/mol. The van der Waals surface area contributed by atoms with Crippen molar-refractivity contribution >= 4 is 32.4 Å². The summed E-state index contributed by atoms with van der Waals surface area (Å²) in [7, 11) is -4.39. The zero-order valence-electron chi connectivity index (χ0n) is 14.4. The molecule has 0 atom stereocenters. The van der Waals surface area contributed by atoms with Gasteiger partial charge in [0.2, 0.25) is 5.91 Å². The van der Waals surface area contributed by atoms with E-state index in [4.69, 9.17) is 0 Å². The summed E-state index contributed by atoms with van der Waals surface area (Å²) in [5.74, 6) is -4.29. The lowest BCUT2D eigenvalue weighted by atomic mass is 10.1. The van der Waals surface area contributed by atoms with Crippen LogP contribution < -0.4 is 5.32 Å². The Labute approximate surface area is 158 Å². The van der Waals surface area contributed by atoms with Gasteiger partial charge in [-0.2, -0.15) is 0 Å². The van der Waals surface area contributed by atoms with Crippen LogP contribution in [-0.4, -0.2) is 31.1 Å². The maximum atomic E-state index is 13.6. The second-order valence-corrected chi connectivity index (χ2v) is 7.75. The highest BCUT2D eigenvalue weighted by molar-refractivity contribution is 7.99.